The summed E-state index contributed by atoms with van der Waals surface area (Å²) in [5.74, 6) is 0.515. The fraction of sp³-hybridized carbons (Fsp3) is 0.273. The highest BCUT2D eigenvalue weighted by molar-refractivity contribution is 6.21. The van der Waals surface area contributed by atoms with E-state index in [4.69, 9.17) is 0 Å². The highest BCUT2D eigenvalue weighted by atomic mass is 16.1. The van der Waals surface area contributed by atoms with E-state index in [9.17, 15) is 9.59 Å². The summed E-state index contributed by atoms with van der Waals surface area (Å²) in [6.45, 7) is 0. The van der Waals surface area contributed by atoms with Crippen molar-refractivity contribution < 1.29 is 9.59 Å². The molecule has 3 aliphatic carbocycles. The van der Waals surface area contributed by atoms with Crippen LogP contribution < -0.4 is 0 Å². The van der Waals surface area contributed by atoms with Gasteiger partial charge in [0.05, 0.1) is 0 Å². The average Bonchev–Trinajstić information content (AvgIpc) is 2.70. The van der Waals surface area contributed by atoms with Gasteiger partial charge in [-0.05, 0) is 18.6 Å². The van der Waals surface area contributed by atoms with Gasteiger partial charge in [-0.3, -0.25) is 9.59 Å². The first-order chi connectivity index (χ1) is 6.27. The topological polar surface area (TPSA) is 34.1 Å². The SMILES string of the molecule is O=C1C=CC(=O)C2=C1C1C=C[C@H]2C1. The molecule has 0 aliphatic heterocycles. The Morgan fingerprint density at radius 2 is 1.38 bits per heavy atom. The Morgan fingerprint density at radius 1 is 0.923 bits per heavy atom. The van der Waals surface area contributed by atoms with Gasteiger partial charge in [-0.15, -0.1) is 0 Å². The van der Waals surface area contributed by atoms with Gasteiger partial charge in [-0.1, -0.05) is 12.2 Å². The Labute approximate surface area is 75.6 Å². The van der Waals surface area contributed by atoms with Gasteiger partial charge >= 0.3 is 0 Å². The zero-order valence-electron chi connectivity index (χ0n) is 6.99. The van der Waals surface area contributed by atoms with Crippen LogP contribution in [0.25, 0.3) is 0 Å². The number of hydrogen-bond donors (Lipinski definition) is 0. The number of ketones is 2. The molecule has 0 saturated carbocycles. The van der Waals surface area contributed by atoms with E-state index in [0.29, 0.717) is 0 Å². The first-order valence-electron chi connectivity index (χ1n) is 4.46. The van der Waals surface area contributed by atoms with Gasteiger partial charge in [-0.25, -0.2) is 0 Å². The maximum Gasteiger partial charge on any atom is 0.182 e. The van der Waals surface area contributed by atoms with Crippen molar-refractivity contribution in [2.45, 2.75) is 6.42 Å². The molecule has 0 aromatic rings. The summed E-state index contributed by atoms with van der Waals surface area (Å²) in [5.41, 5.74) is 1.53. The van der Waals surface area contributed by atoms with Crippen LogP contribution in [0.3, 0.4) is 0 Å². The minimum absolute atomic E-state index is 0.0338. The van der Waals surface area contributed by atoms with E-state index in [0.717, 1.165) is 17.6 Å². The molecule has 0 heterocycles. The minimum atomic E-state index is 0.0338. The summed E-state index contributed by atoms with van der Waals surface area (Å²) in [4.78, 5) is 23.0. The van der Waals surface area contributed by atoms with E-state index < -0.39 is 0 Å². The Balaban J connectivity index is 2.19. The maximum absolute atomic E-state index is 11.5. The highest BCUT2D eigenvalue weighted by Crippen LogP contribution is 2.45. The Kier molecular flexibility index (Phi) is 1.12. The molecule has 0 fully saturated rings. The summed E-state index contributed by atoms with van der Waals surface area (Å²) in [6.07, 6.45) is 7.83. The summed E-state index contributed by atoms with van der Waals surface area (Å²) in [7, 11) is 0. The fourth-order valence-corrected chi connectivity index (χ4v) is 2.49. The Hall–Kier alpha value is -1.44. The summed E-state index contributed by atoms with van der Waals surface area (Å²) >= 11 is 0. The molecule has 2 bridgehead atoms. The van der Waals surface area contributed by atoms with Crippen LogP contribution in [0.1, 0.15) is 6.42 Å². The van der Waals surface area contributed by atoms with Crippen LogP contribution in [0.4, 0.5) is 0 Å². The smallest absolute Gasteiger partial charge is 0.182 e. The first-order valence-corrected chi connectivity index (χ1v) is 4.46. The van der Waals surface area contributed by atoms with E-state index in [2.05, 4.69) is 0 Å². The Morgan fingerprint density at radius 3 is 1.85 bits per heavy atom. The minimum Gasteiger partial charge on any atom is -0.290 e. The van der Waals surface area contributed by atoms with Gasteiger partial charge in [0, 0.05) is 23.0 Å². The van der Waals surface area contributed by atoms with Crippen LogP contribution >= 0.6 is 0 Å². The fourth-order valence-electron chi connectivity index (χ4n) is 2.49. The van der Waals surface area contributed by atoms with Crippen molar-refractivity contribution in [2.24, 2.45) is 11.8 Å². The standard InChI is InChI=1S/C11H8O2/c12-8-3-4-9(13)11-7-2-1-6(5-7)10(8)11/h1-4,6-7H,5H2/t6-,7?/m0/s1. The van der Waals surface area contributed by atoms with E-state index in [1.54, 1.807) is 0 Å². The monoisotopic (exact) mass is 172 g/mol. The summed E-state index contributed by atoms with van der Waals surface area (Å²) in [5, 5.41) is 0. The molecule has 0 N–H and O–H groups in total. The maximum atomic E-state index is 11.5. The molecule has 0 saturated heterocycles. The van der Waals surface area contributed by atoms with Crippen molar-refractivity contribution in [3.05, 3.63) is 35.5 Å². The lowest BCUT2D eigenvalue weighted by Gasteiger charge is -2.14. The van der Waals surface area contributed by atoms with Crippen LogP contribution in [0.2, 0.25) is 0 Å². The third-order valence-electron chi connectivity index (χ3n) is 3.03. The average molecular weight is 172 g/mol. The lowest BCUT2D eigenvalue weighted by Crippen LogP contribution is -2.17. The predicted molar refractivity (Wildman–Crippen MR) is 46.9 cm³/mol. The number of fused-ring (bicyclic) bond motifs is 4. The zero-order valence-corrected chi connectivity index (χ0v) is 6.99. The van der Waals surface area contributed by atoms with Crippen LogP contribution in [-0.4, -0.2) is 11.6 Å². The zero-order chi connectivity index (χ0) is 9.00. The number of hydrogen-bond acceptors (Lipinski definition) is 2. The summed E-state index contributed by atoms with van der Waals surface area (Å²) in [6, 6.07) is 0. The second kappa shape index (κ2) is 2.08. The van der Waals surface area contributed by atoms with Crippen molar-refractivity contribution >= 4 is 11.6 Å². The van der Waals surface area contributed by atoms with Crippen LogP contribution in [0.15, 0.2) is 35.5 Å². The van der Waals surface area contributed by atoms with E-state index in [1.807, 2.05) is 12.2 Å². The van der Waals surface area contributed by atoms with E-state index in [1.165, 1.54) is 12.2 Å². The first kappa shape index (κ1) is 7.01. The number of allylic oxidation sites excluding steroid dienone is 6. The van der Waals surface area contributed by atoms with Crippen molar-refractivity contribution in [3.63, 3.8) is 0 Å². The van der Waals surface area contributed by atoms with Gasteiger partial charge in [0.25, 0.3) is 0 Å². The third kappa shape index (κ3) is 0.730. The second-order valence-corrected chi connectivity index (χ2v) is 3.72. The van der Waals surface area contributed by atoms with Gasteiger partial charge in [0.2, 0.25) is 0 Å². The Bertz CT molecular complexity index is 374. The molecule has 1 unspecified atom stereocenters. The van der Waals surface area contributed by atoms with Crippen molar-refractivity contribution in [3.8, 4) is 0 Å². The molecular weight excluding hydrogens is 164 g/mol. The van der Waals surface area contributed by atoms with Gasteiger partial charge in [-0.2, -0.15) is 0 Å². The van der Waals surface area contributed by atoms with Crippen LogP contribution in [0, 0.1) is 11.8 Å². The van der Waals surface area contributed by atoms with E-state index >= 15 is 0 Å². The molecule has 64 valence electrons. The predicted octanol–water partition coefficient (Wildman–Crippen LogP) is 1.20. The number of rotatable bonds is 0. The van der Waals surface area contributed by atoms with Crippen molar-refractivity contribution in [1.82, 2.24) is 0 Å². The lowest BCUT2D eigenvalue weighted by molar-refractivity contribution is -0.115. The van der Waals surface area contributed by atoms with E-state index in [-0.39, 0.29) is 23.4 Å². The summed E-state index contributed by atoms with van der Waals surface area (Å²) < 4.78 is 0. The highest BCUT2D eigenvalue weighted by Gasteiger charge is 2.41. The third-order valence-corrected chi connectivity index (χ3v) is 3.03. The lowest BCUT2D eigenvalue weighted by atomic mass is 9.87. The molecule has 3 rings (SSSR count). The molecule has 3 aliphatic rings. The molecule has 0 spiro atoms. The van der Waals surface area contributed by atoms with Crippen molar-refractivity contribution in [1.29, 1.82) is 0 Å². The molecule has 2 atom stereocenters. The van der Waals surface area contributed by atoms with Crippen molar-refractivity contribution in [2.75, 3.05) is 0 Å². The molecular formula is C11H8O2. The molecule has 0 aromatic carbocycles. The van der Waals surface area contributed by atoms with Gasteiger partial charge in [0.1, 0.15) is 0 Å². The van der Waals surface area contributed by atoms with Gasteiger partial charge in [0.15, 0.2) is 11.6 Å². The normalized spacial score (nSPS) is 34.8. The molecule has 0 radical (unpaired) electrons. The molecule has 2 heteroatoms. The molecule has 0 amide bonds. The second-order valence-electron chi connectivity index (χ2n) is 3.72. The number of carbonyl (C=O) groups is 2. The van der Waals surface area contributed by atoms with Gasteiger partial charge < -0.3 is 0 Å². The molecule has 2 nitrogen and oxygen atoms in total. The van der Waals surface area contributed by atoms with Crippen LogP contribution in [-0.2, 0) is 9.59 Å². The molecule has 13 heavy (non-hydrogen) atoms. The molecule has 0 aromatic heterocycles. The number of carbonyl (C=O) groups excluding carboxylic acids is 2. The quantitative estimate of drug-likeness (QED) is 0.406. The van der Waals surface area contributed by atoms with Crippen LogP contribution in [0.5, 0.6) is 0 Å². The largest absolute Gasteiger partial charge is 0.290 e.